The second kappa shape index (κ2) is 9.53. The molecule has 0 amide bonds. The van der Waals surface area contributed by atoms with E-state index in [0.29, 0.717) is 36.7 Å². The molecule has 2 aromatic carbocycles. The number of benzene rings is 2. The molecule has 0 fully saturated rings. The number of ether oxygens (including phenoxy) is 1. The van der Waals surface area contributed by atoms with Crippen LogP contribution in [0.15, 0.2) is 52.4 Å². The fourth-order valence-electron chi connectivity index (χ4n) is 2.50. The number of phenolic OH excluding ortho intramolecular Hbond substituents is 1. The van der Waals surface area contributed by atoms with Crippen molar-refractivity contribution in [1.82, 2.24) is 4.31 Å². The molecule has 0 atom stereocenters. The number of nitrogens with zero attached hydrogens (tertiary/aromatic N) is 2. The predicted molar refractivity (Wildman–Crippen MR) is 108 cm³/mol. The SMILES string of the molecule is CCCOc1ccc(C=Nc2ccc(S(=O)(=O)N(CC)CC)cc2)c(O)c1. The van der Waals surface area contributed by atoms with Gasteiger partial charge in [0.05, 0.1) is 17.2 Å². The Labute approximate surface area is 161 Å². The van der Waals surface area contributed by atoms with Crippen molar-refractivity contribution in [3.8, 4) is 11.5 Å². The van der Waals surface area contributed by atoms with Crippen LogP contribution in [0.4, 0.5) is 5.69 Å². The van der Waals surface area contributed by atoms with Gasteiger partial charge in [0.25, 0.3) is 0 Å². The van der Waals surface area contributed by atoms with Crippen LogP contribution in [0.1, 0.15) is 32.8 Å². The zero-order valence-electron chi connectivity index (χ0n) is 15.9. The van der Waals surface area contributed by atoms with E-state index in [-0.39, 0.29) is 10.6 Å². The largest absolute Gasteiger partial charge is 0.507 e. The van der Waals surface area contributed by atoms with Gasteiger partial charge in [-0.2, -0.15) is 4.31 Å². The van der Waals surface area contributed by atoms with Crippen molar-refractivity contribution in [2.75, 3.05) is 19.7 Å². The fraction of sp³-hybridized carbons (Fsp3) is 0.350. The van der Waals surface area contributed by atoms with Gasteiger partial charge in [0.2, 0.25) is 10.0 Å². The minimum atomic E-state index is -3.48. The van der Waals surface area contributed by atoms with Gasteiger partial charge in [0, 0.05) is 30.9 Å². The molecule has 0 unspecified atom stereocenters. The summed E-state index contributed by atoms with van der Waals surface area (Å²) in [5.41, 5.74) is 1.15. The summed E-state index contributed by atoms with van der Waals surface area (Å²) in [6.07, 6.45) is 2.43. The molecule has 0 saturated heterocycles. The highest BCUT2D eigenvalue weighted by molar-refractivity contribution is 7.89. The van der Waals surface area contributed by atoms with E-state index in [9.17, 15) is 13.5 Å². The third-order valence-corrected chi connectivity index (χ3v) is 6.07. The van der Waals surface area contributed by atoms with Crippen LogP contribution in [0.5, 0.6) is 11.5 Å². The molecule has 1 N–H and O–H groups in total. The van der Waals surface area contributed by atoms with Gasteiger partial charge < -0.3 is 9.84 Å². The van der Waals surface area contributed by atoms with Gasteiger partial charge in [0.15, 0.2) is 0 Å². The lowest BCUT2D eigenvalue weighted by molar-refractivity contribution is 0.315. The van der Waals surface area contributed by atoms with E-state index in [1.807, 2.05) is 20.8 Å². The Morgan fingerprint density at radius 1 is 1.07 bits per heavy atom. The molecule has 6 nitrogen and oxygen atoms in total. The van der Waals surface area contributed by atoms with E-state index in [4.69, 9.17) is 4.74 Å². The monoisotopic (exact) mass is 390 g/mol. The third-order valence-electron chi connectivity index (χ3n) is 4.01. The highest BCUT2D eigenvalue weighted by Gasteiger charge is 2.20. The van der Waals surface area contributed by atoms with Gasteiger partial charge in [-0.3, -0.25) is 4.99 Å². The maximum Gasteiger partial charge on any atom is 0.243 e. The van der Waals surface area contributed by atoms with E-state index in [1.54, 1.807) is 42.5 Å². The topological polar surface area (TPSA) is 79.2 Å². The summed E-state index contributed by atoms with van der Waals surface area (Å²) < 4.78 is 31.8. The second-order valence-electron chi connectivity index (χ2n) is 5.91. The van der Waals surface area contributed by atoms with E-state index < -0.39 is 10.0 Å². The van der Waals surface area contributed by atoms with Crippen molar-refractivity contribution >= 4 is 21.9 Å². The molecular formula is C20H26N2O4S. The van der Waals surface area contributed by atoms with Crippen molar-refractivity contribution in [1.29, 1.82) is 0 Å². The molecule has 0 aliphatic heterocycles. The Balaban J connectivity index is 2.14. The Kier molecular flexibility index (Phi) is 7.38. The first-order valence-corrected chi connectivity index (χ1v) is 10.5. The Hall–Kier alpha value is -2.38. The molecule has 2 aromatic rings. The number of phenols is 1. The Bertz CT molecular complexity index is 873. The molecule has 146 valence electrons. The molecule has 0 spiro atoms. The third kappa shape index (κ3) is 5.30. The number of aliphatic imine (C=N–C) groups is 1. The molecule has 7 heteroatoms. The van der Waals surface area contributed by atoms with Gasteiger partial charge >= 0.3 is 0 Å². The van der Waals surface area contributed by atoms with Crippen LogP contribution in [0, 0.1) is 0 Å². The summed E-state index contributed by atoms with van der Waals surface area (Å²) in [4.78, 5) is 4.54. The van der Waals surface area contributed by atoms with Crippen molar-refractivity contribution < 1.29 is 18.3 Å². The van der Waals surface area contributed by atoms with Crippen LogP contribution < -0.4 is 4.74 Å². The van der Waals surface area contributed by atoms with E-state index in [2.05, 4.69) is 4.99 Å². The molecule has 0 aliphatic rings. The summed E-state index contributed by atoms with van der Waals surface area (Å²) in [5.74, 6) is 0.686. The van der Waals surface area contributed by atoms with Crippen LogP contribution in [0.25, 0.3) is 0 Å². The van der Waals surface area contributed by atoms with E-state index in [1.165, 1.54) is 10.5 Å². The highest BCUT2D eigenvalue weighted by atomic mass is 32.2. The summed E-state index contributed by atoms with van der Waals surface area (Å²) in [6, 6.07) is 11.4. The average molecular weight is 391 g/mol. The predicted octanol–water partition coefficient (Wildman–Crippen LogP) is 3.96. The standard InChI is InChI=1S/C20H26N2O4S/c1-4-13-26-18-10-7-16(20(23)14-18)15-21-17-8-11-19(12-9-17)27(24,25)22(5-2)6-3/h7-12,14-15,23H,4-6,13H2,1-3H3. The van der Waals surface area contributed by atoms with Gasteiger partial charge in [-0.25, -0.2) is 8.42 Å². The van der Waals surface area contributed by atoms with E-state index >= 15 is 0 Å². The van der Waals surface area contributed by atoms with Crippen molar-refractivity contribution in [3.05, 3.63) is 48.0 Å². The lowest BCUT2D eigenvalue weighted by atomic mass is 10.2. The molecule has 0 saturated carbocycles. The maximum absolute atomic E-state index is 12.5. The second-order valence-corrected chi connectivity index (χ2v) is 7.85. The number of hydrogen-bond acceptors (Lipinski definition) is 5. The van der Waals surface area contributed by atoms with Gasteiger partial charge in [-0.05, 0) is 42.8 Å². The highest BCUT2D eigenvalue weighted by Crippen LogP contribution is 2.24. The normalized spacial score (nSPS) is 12.0. The minimum absolute atomic E-state index is 0.0769. The van der Waals surface area contributed by atoms with Crippen LogP contribution in [-0.2, 0) is 10.0 Å². The lowest BCUT2D eigenvalue weighted by Gasteiger charge is -2.18. The van der Waals surface area contributed by atoms with Crippen LogP contribution >= 0.6 is 0 Å². The molecule has 0 aromatic heterocycles. The number of sulfonamides is 1. The fourth-order valence-corrected chi connectivity index (χ4v) is 3.96. The smallest absolute Gasteiger partial charge is 0.243 e. The van der Waals surface area contributed by atoms with Gasteiger partial charge in [-0.15, -0.1) is 0 Å². The molecular weight excluding hydrogens is 364 g/mol. The zero-order chi connectivity index (χ0) is 19.9. The molecule has 0 aliphatic carbocycles. The molecule has 2 rings (SSSR count). The quantitative estimate of drug-likeness (QED) is 0.657. The molecule has 27 heavy (non-hydrogen) atoms. The zero-order valence-corrected chi connectivity index (χ0v) is 16.7. The van der Waals surface area contributed by atoms with Crippen molar-refractivity contribution in [3.63, 3.8) is 0 Å². The number of rotatable bonds is 9. The van der Waals surface area contributed by atoms with Gasteiger partial charge in [-0.1, -0.05) is 20.8 Å². The first kappa shape index (κ1) is 20.9. The summed E-state index contributed by atoms with van der Waals surface area (Å²) in [5, 5.41) is 10.1. The summed E-state index contributed by atoms with van der Waals surface area (Å²) >= 11 is 0. The maximum atomic E-state index is 12.5. The van der Waals surface area contributed by atoms with Crippen LogP contribution in [0.3, 0.4) is 0 Å². The first-order chi connectivity index (χ1) is 12.9. The van der Waals surface area contributed by atoms with Crippen LogP contribution in [0.2, 0.25) is 0 Å². The van der Waals surface area contributed by atoms with Crippen LogP contribution in [-0.4, -0.2) is 43.7 Å². The Morgan fingerprint density at radius 2 is 1.74 bits per heavy atom. The number of hydrogen-bond donors (Lipinski definition) is 1. The number of aromatic hydroxyl groups is 1. The van der Waals surface area contributed by atoms with Crippen molar-refractivity contribution in [2.45, 2.75) is 32.1 Å². The molecule has 0 radical (unpaired) electrons. The average Bonchev–Trinajstić information content (AvgIpc) is 2.66. The minimum Gasteiger partial charge on any atom is -0.507 e. The molecule has 0 bridgehead atoms. The van der Waals surface area contributed by atoms with Crippen molar-refractivity contribution in [2.24, 2.45) is 4.99 Å². The molecule has 0 heterocycles. The lowest BCUT2D eigenvalue weighted by Crippen LogP contribution is -2.30. The summed E-state index contributed by atoms with van der Waals surface area (Å²) in [7, 11) is -3.48. The van der Waals surface area contributed by atoms with Gasteiger partial charge in [0.1, 0.15) is 11.5 Å². The Morgan fingerprint density at radius 3 is 2.30 bits per heavy atom. The van der Waals surface area contributed by atoms with E-state index in [0.717, 1.165) is 6.42 Å². The summed E-state index contributed by atoms with van der Waals surface area (Å²) in [6.45, 7) is 7.08. The first-order valence-electron chi connectivity index (χ1n) is 9.02.